The summed E-state index contributed by atoms with van der Waals surface area (Å²) in [5, 5.41) is 0.869. The molecule has 0 aliphatic heterocycles. The van der Waals surface area contributed by atoms with Crippen LogP contribution in [0.1, 0.15) is 25.3 Å². The number of benzene rings is 1. The second-order valence-electron chi connectivity index (χ2n) is 3.69. The molecule has 1 aromatic carbocycles. The Labute approximate surface area is 100 Å². The van der Waals surface area contributed by atoms with E-state index in [-0.39, 0.29) is 12.4 Å². The summed E-state index contributed by atoms with van der Waals surface area (Å²) in [5.41, 5.74) is 0.363. The Morgan fingerprint density at radius 2 is 2.18 bits per heavy atom. The number of hydrazine groups is 1. The summed E-state index contributed by atoms with van der Waals surface area (Å²) in [4.78, 5) is 11.4. The van der Waals surface area contributed by atoms with Crippen molar-refractivity contribution in [1.82, 2.24) is 5.01 Å². The van der Waals surface area contributed by atoms with Gasteiger partial charge in [0.2, 0.25) is 0 Å². The Balaban J connectivity index is 2.46. The third-order valence-electron chi connectivity index (χ3n) is 2.26. The lowest BCUT2D eigenvalue weighted by molar-refractivity contribution is 0.0983. The maximum Gasteiger partial charge on any atom is 0.424 e. The highest BCUT2D eigenvalue weighted by Gasteiger charge is 2.12. The van der Waals surface area contributed by atoms with Gasteiger partial charge in [0.25, 0.3) is 0 Å². The number of hydrogen-bond donors (Lipinski definition) is 1. The van der Waals surface area contributed by atoms with Gasteiger partial charge in [-0.1, -0.05) is 31.5 Å². The summed E-state index contributed by atoms with van der Waals surface area (Å²) in [5.74, 6) is 5.11. The van der Waals surface area contributed by atoms with Crippen LogP contribution >= 0.6 is 0 Å². The molecule has 0 saturated heterocycles. The third kappa shape index (κ3) is 4.40. The number of hydrogen-bond acceptors (Lipinski definition) is 3. The predicted octanol–water partition coefficient (Wildman–Crippen LogP) is 2.44. The highest BCUT2D eigenvalue weighted by atomic mass is 19.1. The van der Waals surface area contributed by atoms with Gasteiger partial charge in [0.1, 0.15) is 5.82 Å². The largest absolute Gasteiger partial charge is 0.448 e. The minimum Gasteiger partial charge on any atom is -0.448 e. The van der Waals surface area contributed by atoms with E-state index < -0.39 is 6.09 Å². The van der Waals surface area contributed by atoms with Crippen LogP contribution in [0, 0.1) is 5.82 Å². The van der Waals surface area contributed by atoms with Gasteiger partial charge in [0.05, 0.1) is 13.2 Å². The standard InChI is InChI=1S/C12H17FN2O2/c1-2-3-8-17-12(16)15(14)9-10-6-4-5-7-11(10)13/h4-7H,2-3,8-9,14H2,1H3. The molecule has 0 spiro atoms. The van der Waals surface area contributed by atoms with E-state index >= 15 is 0 Å². The van der Waals surface area contributed by atoms with Crippen molar-refractivity contribution in [2.24, 2.45) is 5.84 Å². The van der Waals surface area contributed by atoms with Crippen LogP contribution in [0.3, 0.4) is 0 Å². The molecule has 0 aliphatic rings. The van der Waals surface area contributed by atoms with Gasteiger partial charge in [-0.05, 0) is 12.5 Å². The van der Waals surface area contributed by atoms with Crippen molar-refractivity contribution in [1.29, 1.82) is 0 Å². The van der Waals surface area contributed by atoms with E-state index in [1.54, 1.807) is 18.2 Å². The zero-order valence-electron chi connectivity index (χ0n) is 9.86. The van der Waals surface area contributed by atoms with Crippen LogP contribution in [0.15, 0.2) is 24.3 Å². The number of amides is 1. The fourth-order valence-electron chi connectivity index (χ4n) is 1.26. The zero-order chi connectivity index (χ0) is 12.7. The van der Waals surface area contributed by atoms with Crippen LogP contribution < -0.4 is 5.84 Å². The maximum absolute atomic E-state index is 13.3. The van der Waals surface area contributed by atoms with Gasteiger partial charge in [-0.2, -0.15) is 0 Å². The minimum atomic E-state index is -0.637. The molecule has 4 nitrogen and oxygen atoms in total. The Morgan fingerprint density at radius 1 is 1.47 bits per heavy atom. The molecule has 94 valence electrons. The topological polar surface area (TPSA) is 55.6 Å². The lowest BCUT2D eigenvalue weighted by atomic mass is 10.2. The molecule has 0 aromatic heterocycles. The molecule has 1 aromatic rings. The number of unbranched alkanes of at least 4 members (excludes halogenated alkanes) is 1. The van der Waals surface area contributed by atoms with E-state index in [2.05, 4.69) is 0 Å². The molecular weight excluding hydrogens is 223 g/mol. The average molecular weight is 240 g/mol. The minimum absolute atomic E-state index is 0.00235. The first kappa shape index (κ1) is 13.4. The number of carbonyl (C=O) groups excluding carboxylic acids is 1. The highest BCUT2D eigenvalue weighted by molar-refractivity contribution is 5.66. The van der Waals surface area contributed by atoms with Crippen LogP contribution in [0.25, 0.3) is 0 Å². The van der Waals surface area contributed by atoms with Gasteiger partial charge < -0.3 is 4.74 Å². The molecule has 0 aliphatic carbocycles. The summed E-state index contributed by atoms with van der Waals surface area (Å²) in [6.07, 6.45) is 1.09. The monoisotopic (exact) mass is 240 g/mol. The summed E-state index contributed by atoms with van der Waals surface area (Å²) < 4.78 is 18.2. The smallest absolute Gasteiger partial charge is 0.424 e. The summed E-state index contributed by atoms with van der Waals surface area (Å²) in [6.45, 7) is 2.32. The Morgan fingerprint density at radius 3 is 2.82 bits per heavy atom. The Hall–Kier alpha value is -1.62. The van der Waals surface area contributed by atoms with E-state index in [4.69, 9.17) is 10.6 Å². The third-order valence-corrected chi connectivity index (χ3v) is 2.26. The summed E-state index contributed by atoms with van der Waals surface area (Å²) >= 11 is 0. The van der Waals surface area contributed by atoms with E-state index in [0.717, 1.165) is 17.9 Å². The number of rotatable bonds is 5. The first-order valence-corrected chi connectivity index (χ1v) is 5.57. The average Bonchev–Trinajstić information content (AvgIpc) is 2.32. The van der Waals surface area contributed by atoms with Crippen molar-refractivity contribution in [3.63, 3.8) is 0 Å². The number of carbonyl (C=O) groups is 1. The van der Waals surface area contributed by atoms with Crippen LogP contribution in [0.5, 0.6) is 0 Å². The van der Waals surface area contributed by atoms with E-state index in [0.29, 0.717) is 12.2 Å². The summed E-state index contributed by atoms with van der Waals surface area (Å²) in [7, 11) is 0. The van der Waals surface area contributed by atoms with Gasteiger partial charge in [-0.3, -0.25) is 0 Å². The highest BCUT2D eigenvalue weighted by Crippen LogP contribution is 2.08. The quantitative estimate of drug-likeness (QED) is 0.372. The van der Waals surface area contributed by atoms with Crippen molar-refractivity contribution in [2.75, 3.05) is 6.61 Å². The molecule has 0 atom stereocenters. The first-order valence-electron chi connectivity index (χ1n) is 5.57. The lowest BCUT2D eigenvalue weighted by Gasteiger charge is -2.16. The number of ether oxygens (including phenoxy) is 1. The van der Waals surface area contributed by atoms with Crippen molar-refractivity contribution in [3.05, 3.63) is 35.6 Å². The number of nitrogens with two attached hydrogens (primary N) is 1. The molecule has 0 saturated carbocycles. The van der Waals surface area contributed by atoms with Crippen LogP contribution in [0.2, 0.25) is 0 Å². The maximum atomic E-state index is 13.3. The van der Waals surface area contributed by atoms with Gasteiger partial charge in [-0.15, -0.1) is 0 Å². The van der Waals surface area contributed by atoms with Gasteiger partial charge in [0.15, 0.2) is 0 Å². The molecule has 2 N–H and O–H groups in total. The molecule has 0 bridgehead atoms. The number of nitrogens with zero attached hydrogens (tertiary/aromatic N) is 1. The molecule has 17 heavy (non-hydrogen) atoms. The molecule has 5 heteroatoms. The summed E-state index contributed by atoms with van der Waals surface area (Å²) in [6, 6.07) is 6.17. The fourth-order valence-corrected chi connectivity index (χ4v) is 1.26. The fraction of sp³-hybridized carbons (Fsp3) is 0.417. The van der Waals surface area contributed by atoms with E-state index in [1.165, 1.54) is 6.07 Å². The number of halogens is 1. The second kappa shape index (κ2) is 6.85. The second-order valence-corrected chi connectivity index (χ2v) is 3.69. The van der Waals surface area contributed by atoms with Crippen molar-refractivity contribution in [2.45, 2.75) is 26.3 Å². The first-order chi connectivity index (χ1) is 8.15. The molecule has 0 unspecified atom stereocenters. The molecule has 0 radical (unpaired) electrons. The SMILES string of the molecule is CCCCOC(=O)N(N)Cc1ccccc1F. The lowest BCUT2D eigenvalue weighted by Crippen LogP contribution is -2.37. The predicted molar refractivity (Wildman–Crippen MR) is 62.4 cm³/mol. The van der Waals surface area contributed by atoms with Crippen molar-refractivity contribution >= 4 is 6.09 Å². The molecule has 0 heterocycles. The van der Waals surface area contributed by atoms with Gasteiger partial charge >= 0.3 is 6.09 Å². The van der Waals surface area contributed by atoms with Crippen molar-refractivity contribution < 1.29 is 13.9 Å². The molecule has 1 rings (SSSR count). The Bertz CT molecular complexity index is 371. The van der Waals surface area contributed by atoms with Crippen molar-refractivity contribution in [3.8, 4) is 0 Å². The Kier molecular flexibility index (Phi) is 5.42. The normalized spacial score (nSPS) is 10.1. The van der Waals surface area contributed by atoms with Crippen LogP contribution in [0.4, 0.5) is 9.18 Å². The molecule has 0 fully saturated rings. The molecule has 1 amide bonds. The van der Waals surface area contributed by atoms with Crippen LogP contribution in [-0.4, -0.2) is 17.7 Å². The van der Waals surface area contributed by atoms with E-state index in [1.807, 2.05) is 6.92 Å². The molecular formula is C12H17FN2O2. The van der Waals surface area contributed by atoms with E-state index in [9.17, 15) is 9.18 Å². The van der Waals surface area contributed by atoms with Crippen LogP contribution in [-0.2, 0) is 11.3 Å². The van der Waals surface area contributed by atoms with Gasteiger partial charge in [0, 0.05) is 5.56 Å². The van der Waals surface area contributed by atoms with Gasteiger partial charge in [-0.25, -0.2) is 20.0 Å². The zero-order valence-corrected chi connectivity index (χ0v) is 9.86.